The summed E-state index contributed by atoms with van der Waals surface area (Å²) in [5.41, 5.74) is 1.95. The lowest BCUT2D eigenvalue weighted by Crippen LogP contribution is -2.40. The van der Waals surface area contributed by atoms with Gasteiger partial charge in [-0.1, -0.05) is 48.5 Å². The van der Waals surface area contributed by atoms with Crippen molar-refractivity contribution in [1.82, 2.24) is 10.2 Å². The van der Waals surface area contributed by atoms with E-state index in [-0.39, 0.29) is 10.6 Å². The van der Waals surface area contributed by atoms with Gasteiger partial charge in [0.25, 0.3) is 5.69 Å². The Morgan fingerprint density at radius 2 is 2.00 bits per heavy atom. The standard InChI is InChI=1S/C21H26N4O3/c1-22-21(23-13-19-9-5-6-10-20(19)25(26)27)24-12-11-18(14-24)16-28-15-17-7-3-2-4-8-17/h2-10,18H,11-16H2,1H3,(H,22,23). The molecule has 0 aliphatic carbocycles. The quantitative estimate of drug-likeness (QED) is 0.344. The first-order chi connectivity index (χ1) is 13.7. The molecule has 0 bridgehead atoms. The molecule has 0 saturated carbocycles. The summed E-state index contributed by atoms with van der Waals surface area (Å²) in [5.74, 6) is 1.22. The Morgan fingerprint density at radius 3 is 2.75 bits per heavy atom. The van der Waals surface area contributed by atoms with E-state index in [4.69, 9.17) is 4.74 Å². The Kier molecular flexibility index (Phi) is 6.97. The third-order valence-corrected chi connectivity index (χ3v) is 4.89. The minimum Gasteiger partial charge on any atom is -0.376 e. The summed E-state index contributed by atoms with van der Waals surface area (Å²) in [5, 5.41) is 14.4. The average molecular weight is 382 g/mol. The van der Waals surface area contributed by atoms with Gasteiger partial charge in [-0.05, 0) is 12.0 Å². The van der Waals surface area contributed by atoms with Crippen molar-refractivity contribution in [3.8, 4) is 0 Å². The highest BCUT2D eigenvalue weighted by atomic mass is 16.6. The number of nitrogens with zero attached hydrogens (tertiary/aromatic N) is 3. The molecular formula is C21H26N4O3. The first kappa shape index (κ1) is 19.8. The molecule has 7 nitrogen and oxygen atoms in total. The van der Waals surface area contributed by atoms with E-state index in [1.165, 1.54) is 11.6 Å². The molecular weight excluding hydrogens is 356 g/mol. The number of hydrogen-bond acceptors (Lipinski definition) is 4. The topological polar surface area (TPSA) is 80.0 Å². The maximum absolute atomic E-state index is 11.2. The number of hydrogen-bond donors (Lipinski definition) is 1. The van der Waals surface area contributed by atoms with Crippen LogP contribution in [0.5, 0.6) is 0 Å². The Hall–Kier alpha value is -2.93. The van der Waals surface area contributed by atoms with E-state index in [0.29, 0.717) is 31.2 Å². The average Bonchev–Trinajstić information content (AvgIpc) is 3.18. The lowest BCUT2D eigenvalue weighted by molar-refractivity contribution is -0.385. The van der Waals surface area contributed by atoms with Crippen LogP contribution in [0.3, 0.4) is 0 Å². The molecule has 3 rings (SSSR count). The summed E-state index contributed by atoms with van der Waals surface area (Å²) >= 11 is 0. The third kappa shape index (κ3) is 5.29. The van der Waals surface area contributed by atoms with Crippen LogP contribution in [0.4, 0.5) is 5.69 Å². The maximum Gasteiger partial charge on any atom is 0.274 e. The zero-order valence-corrected chi connectivity index (χ0v) is 16.1. The molecule has 1 heterocycles. The van der Waals surface area contributed by atoms with Crippen LogP contribution < -0.4 is 5.32 Å². The number of rotatable bonds is 7. The fourth-order valence-electron chi connectivity index (χ4n) is 3.42. The number of aliphatic imine (C=N–C) groups is 1. The van der Waals surface area contributed by atoms with E-state index in [9.17, 15) is 10.1 Å². The van der Waals surface area contributed by atoms with E-state index in [2.05, 4.69) is 27.3 Å². The molecule has 1 atom stereocenters. The first-order valence-corrected chi connectivity index (χ1v) is 9.47. The van der Waals surface area contributed by atoms with Crippen LogP contribution >= 0.6 is 0 Å². The number of nitro benzene ring substituents is 1. The molecule has 1 fully saturated rings. The van der Waals surface area contributed by atoms with Gasteiger partial charge in [0, 0.05) is 44.2 Å². The van der Waals surface area contributed by atoms with Crippen LogP contribution in [-0.4, -0.2) is 42.5 Å². The number of nitrogens with one attached hydrogen (secondary N) is 1. The molecule has 148 valence electrons. The van der Waals surface area contributed by atoms with Crippen LogP contribution in [0.2, 0.25) is 0 Å². The Morgan fingerprint density at radius 1 is 1.25 bits per heavy atom. The monoisotopic (exact) mass is 382 g/mol. The smallest absolute Gasteiger partial charge is 0.274 e. The van der Waals surface area contributed by atoms with Gasteiger partial charge in [0.15, 0.2) is 5.96 Å². The lowest BCUT2D eigenvalue weighted by atomic mass is 10.1. The minimum absolute atomic E-state index is 0.124. The SMILES string of the molecule is CN=C(NCc1ccccc1[N+](=O)[O-])N1CCC(COCc2ccccc2)C1. The van der Waals surface area contributed by atoms with Crippen LogP contribution in [0.15, 0.2) is 59.6 Å². The second kappa shape index (κ2) is 9.85. The van der Waals surface area contributed by atoms with Gasteiger partial charge in [-0.3, -0.25) is 15.1 Å². The van der Waals surface area contributed by atoms with Crippen LogP contribution in [0, 0.1) is 16.0 Å². The lowest BCUT2D eigenvalue weighted by Gasteiger charge is -2.21. The summed E-state index contributed by atoms with van der Waals surface area (Å²) in [6.07, 6.45) is 1.04. The van der Waals surface area contributed by atoms with Gasteiger partial charge in [-0.25, -0.2) is 0 Å². The number of nitro groups is 1. The van der Waals surface area contributed by atoms with Crippen LogP contribution in [0.25, 0.3) is 0 Å². The second-order valence-electron chi connectivity index (χ2n) is 6.89. The van der Waals surface area contributed by atoms with E-state index >= 15 is 0 Å². The van der Waals surface area contributed by atoms with Gasteiger partial charge < -0.3 is 15.0 Å². The second-order valence-corrected chi connectivity index (χ2v) is 6.89. The molecule has 1 aliphatic rings. The summed E-state index contributed by atoms with van der Waals surface area (Å²) in [6, 6.07) is 16.9. The van der Waals surface area contributed by atoms with Crippen molar-refractivity contribution < 1.29 is 9.66 Å². The molecule has 0 spiro atoms. The predicted octanol–water partition coefficient (Wildman–Crippen LogP) is 3.21. The molecule has 0 aromatic heterocycles. The summed E-state index contributed by atoms with van der Waals surface area (Å²) in [6.45, 7) is 3.48. The van der Waals surface area contributed by atoms with Gasteiger partial charge in [0.1, 0.15) is 0 Å². The van der Waals surface area contributed by atoms with Crippen molar-refractivity contribution in [2.75, 3.05) is 26.7 Å². The number of ether oxygens (including phenoxy) is 1. The molecule has 0 radical (unpaired) electrons. The zero-order valence-electron chi connectivity index (χ0n) is 16.1. The van der Waals surface area contributed by atoms with Crippen molar-refractivity contribution in [3.05, 3.63) is 75.8 Å². The highest BCUT2D eigenvalue weighted by Gasteiger charge is 2.25. The Balaban J connectivity index is 1.47. The Bertz CT molecular complexity index is 810. The van der Waals surface area contributed by atoms with Crippen molar-refractivity contribution in [1.29, 1.82) is 0 Å². The number of guanidine groups is 1. The molecule has 2 aromatic carbocycles. The Labute approximate surface area is 165 Å². The van der Waals surface area contributed by atoms with Crippen molar-refractivity contribution >= 4 is 11.6 Å². The molecule has 28 heavy (non-hydrogen) atoms. The number of benzene rings is 2. The van der Waals surface area contributed by atoms with Crippen molar-refractivity contribution in [2.45, 2.75) is 19.6 Å². The van der Waals surface area contributed by atoms with Gasteiger partial charge in [-0.15, -0.1) is 0 Å². The molecule has 1 saturated heterocycles. The maximum atomic E-state index is 11.2. The summed E-state index contributed by atoms with van der Waals surface area (Å²) < 4.78 is 5.87. The summed E-state index contributed by atoms with van der Waals surface area (Å²) in [7, 11) is 1.74. The fraction of sp³-hybridized carbons (Fsp3) is 0.381. The number of para-hydroxylation sites is 1. The summed E-state index contributed by atoms with van der Waals surface area (Å²) in [4.78, 5) is 17.3. The third-order valence-electron chi connectivity index (χ3n) is 4.89. The van der Waals surface area contributed by atoms with E-state index in [0.717, 1.165) is 25.5 Å². The van der Waals surface area contributed by atoms with Crippen molar-refractivity contribution in [3.63, 3.8) is 0 Å². The van der Waals surface area contributed by atoms with Crippen LogP contribution in [0.1, 0.15) is 17.5 Å². The number of likely N-dealkylation sites (tertiary alicyclic amines) is 1. The molecule has 2 aromatic rings. The highest BCUT2D eigenvalue weighted by Crippen LogP contribution is 2.19. The van der Waals surface area contributed by atoms with Gasteiger partial charge in [-0.2, -0.15) is 0 Å². The molecule has 7 heteroatoms. The minimum atomic E-state index is -0.351. The normalized spacial score (nSPS) is 17.0. The molecule has 1 N–H and O–H groups in total. The van der Waals surface area contributed by atoms with E-state index in [1.54, 1.807) is 19.2 Å². The van der Waals surface area contributed by atoms with Gasteiger partial charge in [0.05, 0.1) is 18.1 Å². The highest BCUT2D eigenvalue weighted by molar-refractivity contribution is 5.80. The van der Waals surface area contributed by atoms with Gasteiger partial charge in [0.2, 0.25) is 0 Å². The van der Waals surface area contributed by atoms with Gasteiger partial charge >= 0.3 is 0 Å². The molecule has 1 aliphatic heterocycles. The molecule has 1 unspecified atom stereocenters. The fourth-order valence-corrected chi connectivity index (χ4v) is 3.42. The van der Waals surface area contributed by atoms with Crippen molar-refractivity contribution in [2.24, 2.45) is 10.9 Å². The first-order valence-electron chi connectivity index (χ1n) is 9.47. The van der Waals surface area contributed by atoms with Crippen LogP contribution in [-0.2, 0) is 17.9 Å². The van der Waals surface area contributed by atoms with E-state index < -0.39 is 0 Å². The largest absolute Gasteiger partial charge is 0.376 e. The zero-order chi connectivity index (χ0) is 19.8. The predicted molar refractivity (Wildman–Crippen MR) is 109 cm³/mol. The van der Waals surface area contributed by atoms with E-state index in [1.807, 2.05) is 24.3 Å². The molecule has 0 amide bonds.